The maximum atomic E-state index is 12.0. The van der Waals surface area contributed by atoms with Crippen molar-refractivity contribution in [3.8, 4) is 0 Å². The van der Waals surface area contributed by atoms with E-state index in [1.54, 1.807) is 6.92 Å². The maximum absolute atomic E-state index is 12.0. The van der Waals surface area contributed by atoms with Crippen LogP contribution in [0.4, 0.5) is 0 Å². The number of thioether (sulfide) groups is 1. The van der Waals surface area contributed by atoms with E-state index in [1.807, 2.05) is 0 Å². The van der Waals surface area contributed by atoms with Gasteiger partial charge in [0.05, 0.1) is 18.1 Å². The van der Waals surface area contributed by atoms with Crippen LogP contribution in [0.25, 0.3) is 0 Å². The number of hydrogen-bond acceptors (Lipinski definition) is 5. The van der Waals surface area contributed by atoms with Crippen LogP contribution in [0.15, 0.2) is 10.6 Å². The van der Waals surface area contributed by atoms with Gasteiger partial charge in [0.2, 0.25) is 5.91 Å². The van der Waals surface area contributed by atoms with Crippen LogP contribution >= 0.6 is 11.8 Å². The largest absolute Gasteiger partial charge is 0.477 e. The Bertz CT molecular complexity index is 469. The van der Waals surface area contributed by atoms with Gasteiger partial charge in [-0.3, -0.25) is 9.69 Å². The molecule has 0 aromatic heterocycles. The first-order chi connectivity index (χ1) is 9.02. The van der Waals surface area contributed by atoms with Crippen LogP contribution in [0.2, 0.25) is 0 Å². The Balaban J connectivity index is 1.91. The molecule has 3 rings (SSSR count). The van der Waals surface area contributed by atoms with Gasteiger partial charge < -0.3 is 14.9 Å². The second kappa shape index (κ2) is 4.50. The number of carbonyl (C=O) groups is 2. The molecule has 0 aromatic carbocycles. The summed E-state index contributed by atoms with van der Waals surface area (Å²) in [7, 11) is 0. The standard InChI is InChI=1S/C12H15NO5S/c1-5(14)7-10(15)13-8(12(16)17)9(19-11(7)13)6-3-2-4-18-6/h5-7,11,14H,2-4H2,1H3,(H,16,17)/t5-,6+,7+,11-/m0/s1. The third kappa shape index (κ3) is 1.79. The molecule has 0 radical (unpaired) electrons. The Morgan fingerprint density at radius 2 is 2.32 bits per heavy atom. The number of β-lactam (4-membered cyclic amide) rings is 1. The number of aliphatic hydroxyl groups excluding tert-OH is 1. The molecule has 3 aliphatic rings. The van der Waals surface area contributed by atoms with Gasteiger partial charge >= 0.3 is 5.97 Å². The lowest BCUT2D eigenvalue weighted by molar-refractivity contribution is -0.156. The number of ether oxygens (including phenoxy) is 1. The molecule has 0 aromatic rings. The summed E-state index contributed by atoms with van der Waals surface area (Å²) in [5, 5.41) is 18.6. The molecule has 104 valence electrons. The second-order valence-electron chi connectivity index (χ2n) is 5.00. The molecule has 19 heavy (non-hydrogen) atoms. The number of rotatable bonds is 3. The third-order valence-electron chi connectivity index (χ3n) is 3.75. The number of amides is 1. The quantitative estimate of drug-likeness (QED) is 0.729. The Morgan fingerprint density at radius 3 is 2.84 bits per heavy atom. The molecule has 2 saturated heterocycles. The smallest absolute Gasteiger partial charge is 0.353 e. The molecule has 3 aliphatic heterocycles. The Hall–Kier alpha value is -1.05. The molecular formula is C12H15NO5S. The summed E-state index contributed by atoms with van der Waals surface area (Å²) >= 11 is 1.35. The van der Waals surface area contributed by atoms with Gasteiger partial charge in [0.25, 0.3) is 0 Å². The van der Waals surface area contributed by atoms with Crippen molar-refractivity contribution in [1.29, 1.82) is 0 Å². The first-order valence-electron chi connectivity index (χ1n) is 6.29. The molecule has 0 aliphatic carbocycles. The Morgan fingerprint density at radius 1 is 1.58 bits per heavy atom. The van der Waals surface area contributed by atoms with E-state index in [1.165, 1.54) is 16.7 Å². The van der Waals surface area contributed by atoms with E-state index < -0.39 is 18.0 Å². The Labute approximate surface area is 114 Å². The number of hydrogen-bond donors (Lipinski definition) is 2. The Kier molecular flexibility index (Phi) is 3.07. The van der Waals surface area contributed by atoms with Crippen molar-refractivity contribution < 1.29 is 24.5 Å². The molecule has 2 fully saturated rings. The van der Waals surface area contributed by atoms with Crippen LogP contribution in [-0.2, 0) is 14.3 Å². The zero-order valence-electron chi connectivity index (χ0n) is 10.4. The lowest BCUT2D eigenvalue weighted by Gasteiger charge is -2.43. The van der Waals surface area contributed by atoms with Crippen molar-refractivity contribution in [1.82, 2.24) is 4.90 Å². The average molecular weight is 285 g/mol. The summed E-state index contributed by atoms with van der Waals surface area (Å²) < 4.78 is 5.53. The zero-order valence-corrected chi connectivity index (χ0v) is 11.2. The van der Waals surface area contributed by atoms with Crippen molar-refractivity contribution in [2.75, 3.05) is 6.61 Å². The fraction of sp³-hybridized carbons (Fsp3) is 0.667. The highest BCUT2D eigenvalue weighted by atomic mass is 32.2. The van der Waals surface area contributed by atoms with Gasteiger partial charge in [-0.1, -0.05) is 11.8 Å². The van der Waals surface area contributed by atoms with Crippen molar-refractivity contribution in [3.63, 3.8) is 0 Å². The predicted molar refractivity (Wildman–Crippen MR) is 67.0 cm³/mol. The number of carboxylic acid groups (broad SMARTS) is 1. The number of aliphatic carboxylic acids is 1. The van der Waals surface area contributed by atoms with E-state index in [2.05, 4.69) is 0 Å². The number of fused-ring (bicyclic) bond motifs is 1. The van der Waals surface area contributed by atoms with E-state index in [0.717, 1.165) is 12.8 Å². The number of aliphatic hydroxyl groups is 1. The first-order valence-corrected chi connectivity index (χ1v) is 7.17. The van der Waals surface area contributed by atoms with Gasteiger partial charge in [0, 0.05) is 11.5 Å². The minimum atomic E-state index is -1.10. The summed E-state index contributed by atoms with van der Waals surface area (Å²) in [6.07, 6.45) is 0.706. The minimum absolute atomic E-state index is 0.0452. The topological polar surface area (TPSA) is 87.1 Å². The molecule has 0 bridgehead atoms. The average Bonchev–Trinajstić information content (AvgIpc) is 2.92. The highest BCUT2D eigenvalue weighted by Gasteiger charge is 2.58. The summed E-state index contributed by atoms with van der Waals surface area (Å²) in [6.45, 7) is 2.19. The summed E-state index contributed by atoms with van der Waals surface area (Å²) in [6, 6.07) is 0. The normalized spacial score (nSPS) is 35.4. The van der Waals surface area contributed by atoms with Gasteiger partial charge in [-0.05, 0) is 19.8 Å². The van der Waals surface area contributed by atoms with Gasteiger partial charge in [-0.15, -0.1) is 0 Å². The predicted octanol–water partition coefficient (Wildman–Crippen LogP) is 0.374. The van der Waals surface area contributed by atoms with Gasteiger partial charge in [0.1, 0.15) is 11.1 Å². The second-order valence-corrected chi connectivity index (χ2v) is 6.16. The number of carbonyl (C=O) groups excluding carboxylic acids is 1. The number of carboxylic acids is 1. The minimum Gasteiger partial charge on any atom is -0.477 e. The highest BCUT2D eigenvalue weighted by Crippen LogP contribution is 2.52. The van der Waals surface area contributed by atoms with Crippen molar-refractivity contribution in [2.45, 2.75) is 37.3 Å². The summed E-state index contributed by atoms with van der Waals surface area (Å²) in [4.78, 5) is 25.3. The molecule has 0 saturated carbocycles. The van der Waals surface area contributed by atoms with E-state index in [-0.39, 0.29) is 23.1 Å². The van der Waals surface area contributed by atoms with Crippen LogP contribution in [0.3, 0.4) is 0 Å². The van der Waals surface area contributed by atoms with Gasteiger partial charge in [0.15, 0.2) is 0 Å². The fourth-order valence-electron chi connectivity index (χ4n) is 2.82. The monoisotopic (exact) mass is 285 g/mol. The van der Waals surface area contributed by atoms with Gasteiger partial charge in [-0.25, -0.2) is 4.79 Å². The maximum Gasteiger partial charge on any atom is 0.353 e. The lowest BCUT2D eigenvalue weighted by Crippen LogP contribution is -2.60. The van der Waals surface area contributed by atoms with E-state index in [9.17, 15) is 19.8 Å². The SMILES string of the molecule is C[C@H](O)[C@@H]1C(=O)N2C(C(=O)O)=C([C@H]3CCCO3)S[C@@H]12. The van der Waals surface area contributed by atoms with Crippen molar-refractivity contribution >= 4 is 23.6 Å². The van der Waals surface area contributed by atoms with Crippen LogP contribution in [0.1, 0.15) is 19.8 Å². The molecule has 1 amide bonds. The molecule has 2 N–H and O–H groups in total. The van der Waals surface area contributed by atoms with E-state index in [4.69, 9.17) is 4.74 Å². The summed E-state index contributed by atoms with van der Waals surface area (Å²) in [5.41, 5.74) is 0.0452. The number of nitrogens with zero attached hydrogens (tertiary/aromatic N) is 1. The fourth-order valence-corrected chi connectivity index (χ4v) is 4.52. The molecular weight excluding hydrogens is 270 g/mol. The first kappa shape index (κ1) is 13.0. The molecule has 3 heterocycles. The van der Waals surface area contributed by atoms with Crippen LogP contribution in [-0.4, -0.2) is 51.2 Å². The van der Waals surface area contributed by atoms with Crippen LogP contribution in [0, 0.1) is 5.92 Å². The summed E-state index contributed by atoms with van der Waals surface area (Å²) in [5.74, 6) is -1.92. The molecule has 4 atom stereocenters. The molecule has 0 unspecified atom stereocenters. The van der Waals surface area contributed by atoms with Crippen molar-refractivity contribution in [2.24, 2.45) is 5.92 Å². The third-order valence-corrected chi connectivity index (χ3v) is 5.21. The highest BCUT2D eigenvalue weighted by molar-refractivity contribution is 8.04. The van der Waals surface area contributed by atoms with Gasteiger partial charge in [-0.2, -0.15) is 0 Å². The molecule has 0 spiro atoms. The zero-order chi connectivity index (χ0) is 13.7. The molecule has 7 heteroatoms. The molecule has 6 nitrogen and oxygen atoms in total. The van der Waals surface area contributed by atoms with Crippen molar-refractivity contribution in [3.05, 3.63) is 10.6 Å². The van der Waals surface area contributed by atoms with Crippen LogP contribution < -0.4 is 0 Å². The lowest BCUT2D eigenvalue weighted by atomic mass is 9.92. The van der Waals surface area contributed by atoms with Crippen LogP contribution in [0.5, 0.6) is 0 Å². The van der Waals surface area contributed by atoms with E-state index >= 15 is 0 Å². The van der Waals surface area contributed by atoms with E-state index in [0.29, 0.717) is 11.5 Å².